The highest BCUT2D eigenvalue weighted by atomic mass is 16.5. The molecular formula is C24H26N2O3. The van der Waals surface area contributed by atoms with Gasteiger partial charge in [-0.25, -0.2) is 0 Å². The summed E-state index contributed by atoms with van der Waals surface area (Å²) >= 11 is 0. The second-order valence-electron chi connectivity index (χ2n) is 6.56. The van der Waals surface area contributed by atoms with Crippen LogP contribution in [0.5, 0.6) is 11.5 Å². The molecule has 0 radical (unpaired) electrons. The Morgan fingerprint density at radius 2 is 1.83 bits per heavy atom. The minimum Gasteiger partial charge on any atom is -0.490 e. The molecule has 0 aliphatic carbocycles. The van der Waals surface area contributed by atoms with Crippen LogP contribution in [0.15, 0.2) is 65.8 Å². The summed E-state index contributed by atoms with van der Waals surface area (Å²) in [6, 6.07) is 13.3. The minimum absolute atomic E-state index is 0.147. The molecule has 3 rings (SSSR count). The Kier molecular flexibility index (Phi) is 6.50. The number of para-hydroxylation sites is 1. The first-order valence-corrected chi connectivity index (χ1v) is 9.79. The molecule has 0 N–H and O–H groups in total. The topological polar surface area (TPSA) is 51.1 Å². The van der Waals surface area contributed by atoms with E-state index in [4.69, 9.17) is 9.47 Å². The summed E-state index contributed by atoms with van der Waals surface area (Å²) in [6.45, 7) is 10.6. The van der Waals surface area contributed by atoms with Gasteiger partial charge in [0.15, 0.2) is 11.5 Å². The van der Waals surface area contributed by atoms with Crippen LogP contribution in [-0.2, 0) is 11.2 Å². The molecule has 1 aliphatic rings. The average molecular weight is 390 g/mol. The predicted molar refractivity (Wildman–Crippen MR) is 118 cm³/mol. The molecule has 0 saturated carbocycles. The van der Waals surface area contributed by atoms with E-state index in [-0.39, 0.29) is 5.91 Å². The largest absolute Gasteiger partial charge is 0.490 e. The van der Waals surface area contributed by atoms with Gasteiger partial charge in [-0.3, -0.25) is 4.79 Å². The van der Waals surface area contributed by atoms with E-state index < -0.39 is 0 Å². The number of carbonyl (C=O) groups is 1. The Morgan fingerprint density at radius 3 is 2.48 bits per heavy atom. The predicted octanol–water partition coefficient (Wildman–Crippen LogP) is 5.02. The first-order chi connectivity index (χ1) is 14.1. The fraction of sp³-hybridized carbons (Fsp3) is 0.250. The third-order valence-corrected chi connectivity index (χ3v) is 4.48. The van der Waals surface area contributed by atoms with Crippen molar-refractivity contribution in [3.8, 4) is 11.5 Å². The number of rotatable bonds is 8. The molecule has 0 atom stereocenters. The Morgan fingerprint density at radius 1 is 1.10 bits per heavy atom. The van der Waals surface area contributed by atoms with Gasteiger partial charge < -0.3 is 9.47 Å². The maximum absolute atomic E-state index is 13.0. The van der Waals surface area contributed by atoms with Crippen LogP contribution in [0.1, 0.15) is 31.9 Å². The lowest BCUT2D eigenvalue weighted by Gasteiger charge is -2.16. The van der Waals surface area contributed by atoms with Crippen molar-refractivity contribution in [3.63, 3.8) is 0 Å². The summed E-state index contributed by atoms with van der Waals surface area (Å²) in [5.74, 6) is 1.25. The highest BCUT2D eigenvalue weighted by Gasteiger charge is 2.28. The zero-order valence-corrected chi connectivity index (χ0v) is 17.1. The second-order valence-corrected chi connectivity index (χ2v) is 6.56. The van der Waals surface area contributed by atoms with E-state index in [0.29, 0.717) is 36.7 Å². The van der Waals surface area contributed by atoms with Crippen LogP contribution in [0.3, 0.4) is 0 Å². The van der Waals surface area contributed by atoms with E-state index in [1.54, 1.807) is 0 Å². The number of allylic oxidation sites excluding steroid dienone is 1. The molecule has 2 aromatic rings. The molecule has 5 heteroatoms. The van der Waals surface area contributed by atoms with Gasteiger partial charge in [0, 0.05) is 5.56 Å². The number of nitrogens with zero attached hydrogens (tertiary/aromatic N) is 2. The molecule has 2 aromatic carbocycles. The van der Waals surface area contributed by atoms with E-state index in [1.165, 1.54) is 5.01 Å². The Bertz CT molecular complexity index is 962. The van der Waals surface area contributed by atoms with Gasteiger partial charge in [0.25, 0.3) is 5.91 Å². The summed E-state index contributed by atoms with van der Waals surface area (Å²) < 4.78 is 11.6. The molecule has 0 unspecified atom stereocenters. The smallest absolute Gasteiger partial charge is 0.280 e. The van der Waals surface area contributed by atoms with Crippen molar-refractivity contribution in [1.29, 1.82) is 0 Å². The normalized spacial score (nSPS) is 14.9. The molecule has 0 bridgehead atoms. The zero-order valence-electron chi connectivity index (χ0n) is 17.1. The summed E-state index contributed by atoms with van der Waals surface area (Å²) in [7, 11) is 0. The van der Waals surface area contributed by atoms with Crippen LogP contribution >= 0.6 is 0 Å². The van der Waals surface area contributed by atoms with Crippen LogP contribution in [0.4, 0.5) is 5.69 Å². The van der Waals surface area contributed by atoms with Crippen molar-refractivity contribution in [1.82, 2.24) is 0 Å². The number of carbonyl (C=O) groups excluding carboxylic acids is 1. The molecule has 0 fully saturated rings. The molecule has 0 aromatic heterocycles. The van der Waals surface area contributed by atoms with Crippen LogP contribution < -0.4 is 14.5 Å². The first kappa shape index (κ1) is 20.4. The summed E-state index contributed by atoms with van der Waals surface area (Å²) in [4.78, 5) is 13.0. The summed E-state index contributed by atoms with van der Waals surface area (Å²) in [6.07, 6.45) is 4.33. The lowest BCUT2D eigenvalue weighted by Crippen LogP contribution is -2.21. The number of ether oxygens (including phenoxy) is 2. The van der Waals surface area contributed by atoms with E-state index in [9.17, 15) is 4.79 Å². The maximum Gasteiger partial charge on any atom is 0.280 e. The Labute approximate surface area is 171 Å². The molecule has 5 nitrogen and oxygen atoms in total. The molecular weight excluding hydrogens is 364 g/mol. The number of hydrogen-bond acceptors (Lipinski definition) is 4. The Hall–Kier alpha value is -3.34. The maximum atomic E-state index is 13.0. The molecule has 1 amide bonds. The van der Waals surface area contributed by atoms with E-state index in [1.807, 2.05) is 75.4 Å². The van der Waals surface area contributed by atoms with Gasteiger partial charge in [0.1, 0.15) is 0 Å². The number of amides is 1. The van der Waals surface area contributed by atoms with Gasteiger partial charge in [0.2, 0.25) is 0 Å². The number of hydrogen-bond donors (Lipinski definition) is 0. The Balaban J connectivity index is 2.02. The highest BCUT2D eigenvalue weighted by molar-refractivity contribution is 6.32. The zero-order chi connectivity index (χ0) is 20.8. The van der Waals surface area contributed by atoms with Crippen LogP contribution in [0.2, 0.25) is 0 Å². The van der Waals surface area contributed by atoms with Gasteiger partial charge >= 0.3 is 0 Å². The number of hydrazone groups is 1. The van der Waals surface area contributed by atoms with Gasteiger partial charge in [-0.1, -0.05) is 24.3 Å². The van der Waals surface area contributed by atoms with Crippen LogP contribution in [0, 0.1) is 0 Å². The fourth-order valence-corrected chi connectivity index (χ4v) is 3.24. The van der Waals surface area contributed by atoms with Crippen molar-refractivity contribution in [2.75, 3.05) is 18.2 Å². The highest BCUT2D eigenvalue weighted by Crippen LogP contribution is 2.35. The van der Waals surface area contributed by atoms with E-state index >= 15 is 0 Å². The van der Waals surface area contributed by atoms with E-state index in [0.717, 1.165) is 22.6 Å². The first-order valence-electron chi connectivity index (χ1n) is 9.79. The molecule has 29 heavy (non-hydrogen) atoms. The molecule has 1 heterocycles. The quantitative estimate of drug-likeness (QED) is 0.470. The van der Waals surface area contributed by atoms with Gasteiger partial charge in [-0.2, -0.15) is 10.1 Å². The van der Waals surface area contributed by atoms with Crippen molar-refractivity contribution in [2.45, 2.75) is 27.2 Å². The van der Waals surface area contributed by atoms with Gasteiger partial charge in [-0.05, 0) is 63.1 Å². The van der Waals surface area contributed by atoms with Gasteiger partial charge in [-0.15, -0.1) is 6.58 Å². The van der Waals surface area contributed by atoms with Crippen molar-refractivity contribution in [3.05, 3.63) is 71.8 Å². The van der Waals surface area contributed by atoms with E-state index in [2.05, 4.69) is 11.7 Å². The SMILES string of the molecule is C=CCc1cc(/C=C2\C(=O)N(c3ccccc3)N=C2C)cc(OCC)c1OCC. The third kappa shape index (κ3) is 4.40. The molecule has 0 spiro atoms. The molecule has 1 aliphatic heterocycles. The molecule has 0 saturated heterocycles. The number of anilines is 1. The monoisotopic (exact) mass is 390 g/mol. The van der Waals surface area contributed by atoms with Crippen molar-refractivity contribution in [2.24, 2.45) is 5.10 Å². The summed E-state index contributed by atoms with van der Waals surface area (Å²) in [5, 5.41) is 5.88. The lowest BCUT2D eigenvalue weighted by atomic mass is 10.0. The summed E-state index contributed by atoms with van der Waals surface area (Å²) in [5.41, 5.74) is 3.82. The third-order valence-electron chi connectivity index (χ3n) is 4.48. The van der Waals surface area contributed by atoms with Crippen LogP contribution in [0.25, 0.3) is 6.08 Å². The average Bonchev–Trinajstić information content (AvgIpc) is 3.00. The van der Waals surface area contributed by atoms with Crippen molar-refractivity contribution < 1.29 is 14.3 Å². The van der Waals surface area contributed by atoms with Crippen LogP contribution in [-0.4, -0.2) is 24.8 Å². The molecule has 150 valence electrons. The lowest BCUT2D eigenvalue weighted by molar-refractivity contribution is -0.114. The minimum atomic E-state index is -0.147. The fourth-order valence-electron chi connectivity index (χ4n) is 3.24. The standard InChI is InChI=1S/C24H26N2O3/c1-5-11-19-14-18(16-22(28-6-2)23(19)29-7-3)15-21-17(4)25-26(24(21)27)20-12-9-8-10-13-20/h5,8-10,12-16H,1,6-7,11H2,2-4H3/b21-15-. The number of benzene rings is 2. The second kappa shape index (κ2) is 9.24. The van der Waals surface area contributed by atoms with Gasteiger partial charge in [0.05, 0.1) is 30.2 Å². The van der Waals surface area contributed by atoms with Crippen molar-refractivity contribution >= 4 is 23.4 Å².